The van der Waals surface area contributed by atoms with Crippen molar-refractivity contribution in [1.29, 1.82) is 0 Å². The second-order valence-corrected chi connectivity index (χ2v) is 5.69. The summed E-state index contributed by atoms with van der Waals surface area (Å²) < 4.78 is 0. The van der Waals surface area contributed by atoms with Gasteiger partial charge >= 0.3 is 0 Å². The number of phenolic OH excluding ortho intramolecular Hbond substituents is 1. The summed E-state index contributed by atoms with van der Waals surface area (Å²) in [5.74, 6) is 0.327. The molecule has 104 valence electrons. The molecule has 1 heterocycles. The van der Waals surface area contributed by atoms with Crippen molar-refractivity contribution in [2.75, 3.05) is 4.90 Å². The first-order valence-electron chi connectivity index (χ1n) is 7.32. The maximum absolute atomic E-state index is 9.44. The van der Waals surface area contributed by atoms with Crippen LogP contribution in [0.5, 0.6) is 5.75 Å². The zero-order valence-corrected chi connectivity index (χ0v) is 12.1. The maximum atomic E-state index is 9.44. The first-order chi connectivity index (χ1) is 9.66. The first kappa shape index (κ1) is 13.0. The number of fused-ring (bicyclic) bond motifs is 1. The fraction of sp³-hybridized carbons (Fsp3) is 0.333. The molecule has 2 aromatic carbocycles. The molecule has 0 aliphatic carbocycles. The Labute approximate surface area is 120 Å². The van der Waals surface area contributed by atoms with E-state index in [1.807, 2.05) is 12.1 Å². The summed E-state index contributed by atoms with van der Waals surface area (Å²) in [4.78, 5) is 2.51. The molecular formula is C18H21NO. The Morgan fingerprint density at radius 1 is 1.10 bits per heavy atom. The van der Waals surface area contributed by atoms with Gasteiger partial charge in [0, 0.05) is 11.7 Å². The fourth-order valence-electron chi connectivity index (χ4n) is 3.22. The first-order valence-corrected chi connectivity index (χ1v) is 7.32. The molecule has 3 rings (SSSR count). The van der Waals surface area contributed by atoms with Crippen LogP contribution in [-0.2, 0) is 6.42 Å². The van der Waals surface area contributed by atoms with E-state index in [-0.39, 0.29) is 0 Å². The smallest absolute Gasteiger partial charge is 0.115 e. The molecule has 2 heteroatoms. The summed E-state index contributed by atoms with van der Waals surface area (Å²) in [5, 5.41) is 9.44. The van der Waals surface area contributed by atoms with Crippen LogP contribution in [-0.4, -0.2) is 11.1 Å². The Bertz CT molecular complexity index is 591. The molecule has 0 saturated heterocycles. The molecule has 1 aliphatic rings. The van der Waals surface area contributed by atoms with Gasteiger partial charge in [-0.25, -0.2) is 0 Å². The third kappa shape index (κ3) is 2.26. The van der Waals surface area contributed by atoms with Crippen LogP contribution >= 0.6 is 0 Å². The van der Waals surface area contributed by atoms with Gasteiger partial charge in [0.05, 0.1) is 6.04 Å². The summed E-state index contributed by atoms with van der Waals surface area (Å²) in [6, 6.07) is 17.1. The van der Waals surface area contributed by atoms with E-state index < -0.39 is 0 Å². The molecule has 0 fully saturated rings. The highest BCUT2D eigenvalue weighted by molar-refractivity contribution is 5.58. The molecule has 2 atom stereocenters. The Kier molecular flexibility index (Phi) is 3.39. The van der Waals surface area contributed by atoms with E-state index in [0.717, 1.165) is 6.42 Å². The number of para-hydroxylation sites is 1. The van der Waals surface area contributed by atoms with Crippen LogP contribution in [0.4, 0.5) is 5.69 Å². The summed E-state index contributed by atoms with van der Waals surface area (Å²) in [6.07, 6.45) is 2.36. The molecule has 1 aliphatic heterocycles. The van der Waals surface area contributed by atoms with Gasteiger partial charge in [0.25, 0.3) is 0 Å². The van der Waals surface area contributed by atoms with Gasteiger partial charge in [0.15, 0.2) is 0 Å². The number of anilines is 1. The molecule has 0 spiro atoms. The molecule has 2 nitrogen and oxygen atoms in total. The second-order valence-electron chi connectivity index (χ2n) is 5.69. The summed E-state index contributed by atoms with van der Waals surface area (Å²) >= 11 is 0. The number of nitrogens with zero attached hydrogens (tertiary/aromatic N) is 1. The minimum atomic E-state index is 0.312. The predicted molar refractivity (Wildman–Crippen MR) is 83.2 cm³/mol. The third-order valence-corrected chi connectivity index (χ3v) is 4.37. The Hall–Kier alpha value is -1.96. The monoisotopic (exact) mass is 267 g/mol. The lowest BCUT2D eigenvalue weighted by molar-refractivity contribution is 0.474. The average Bonchev–Trinajstić information content (AvgIpc) is 2.47. The van der Waals surface area contributed by atoms with Crippen LogP contribution in [0.15, 0.2) is 48.5 Å². The highest BCUT2D eigenvalue weighted by Crippen LogP contribution is 2.37. The van der Waals surface area contributed by atoms with E-state index in [1.165, 1.54) is 23.2 Å². The summed E-state index contributed by atoms with van der Waals surface area (Å²) in [5.41, 5.74) is 4.04. The van der Waals surface area contributed by atoms with Gasteiger partial charge in [-0.1, -0.05) is 30.3 Å². The van der Waals surface area contributed by atoms with Gasteiger partial charge in [0.1, 0.15) is 5.75 Å². The van der Waals surface area contributed by atoms with E-state index in [0.29, 0.717) is 17.8 Å². The zero-order valence-electron chi connectivity index (χ0n) is 12.1. The molecule has 2 unspecified atom stereocenters. The summed E-state index contributed by atoms with van der Waals surface area (Å²) in [6.45, 7) is 4.54. The standard InChI is InChI=1S/C18H21NO/c1-13-7-8-16-5-3-4-6-18(16)19(13)14(2)15-9-11-17(20)12-10-15/h3-6,9-14,20H,7-8H2,1-2H3. The van der Waals surface area contributed by atoms with Gasteiger partial charge in [-0.3, -0.25) is 0 Å². The highest BCUT2D eigenvalue weighted by atomic mass is 16.3. The van der Waals surface area contributed by atoms with Crippen LogP contribution in [0.3, 0.4) is 0 Å². The van der Waals surface area contributed by atoms with Crippen molar-refractivity contribution in [3.05, 3.63) is 59.7 Å². The molecule has 0 aromatic heterocycles. The van der Waals surface area contributed by atoms with E-state index in [2.05, 4.69) is 43.0 Å². The largest absolute Gasteiger partial charge is 0.508 e. The lowest BCUT2D eigenvalue weighted by Gasteiger charge is -2.41. The molecule has 0 bridgehead atoms. The number of rotatable bonds is 2. The van der Waals surface area contributed by atoms with Crippen molar-refractivity contribution in [2.24, 2.45) is 0 Å². The second kappa shape index (κ2) is 5.20. The predicted octanol–water partition coefficient (Wildman–Crippen LogP) is 4.29. The maximum Gasteiger partial charge on any atom is 0.115 e. The lowest BCUT2D eigenvalue weighted by Crippen LogP contribution is -2.39. The third-order valence-electron chi connectivity index (χ3n) is 4.37. The van der Waals surface area contributed by atoms with Crippen molar-refractivity contribution in [2.45, 2.75) is 38.8 Å². The number of phenols is 1. The van der Waals surface area contributed by atoms with Gasteiger partial charge in [0.2, 0.25) is 0 Å². The van der Waals surface area contributed by atoms with Gasteiger partial charge in [-0.05, 0) is 56.0 Å². The molecule has 0 saturated carbocycles. The van der Waals surface area contributed by atoms with Crippen LogP contribution < -0.4 is 4.90 Å². The minimum absolute atomic E-state index is 0.312. The number of benzene rings is 2. The van der Waals surface area contributed by atoms with Crippen LogP contribution in [0.1, 0.15) is 37.4 Å². The SMILES string of the molecule is CC1CCc2ccccc2N1C(C)c1ccc(O)cc1. The fourth-order valence-corrected chi connectivity index (χ4v) is 3.22. The normalized spacial score (nSPS) is 19.5. The highest BCUT2D eigenvalue weighted by Gasteiger charge is 2.27. The molecular weight excluding hydrogens is 246 g/mol. The topological polar surface area (TPSA) is 23.5 Å². The summed E-state index contributed by atoms with van der Waals surface area (Å²) in [7, 11) is 0. The van der Waals surface area contributed by atoms with Crippen molar-refractivity contribution < 1.29 is 5.11 Å². The van der Waals surface area contributed by atoms with Crippen LogP contribution in [0.25, 0.3) is 0 Å². The number of aromatic hydroxyl groups is 1. The van der Waals surface area contributed by atoms with E-state index in [9.17, 15) is 5.11 Å². The Balaban J connectivity index is 1.98. The molecule has 20 heavy (non-hydrogen) atoms. The van der Waals surface area contributed by atoms with E-state index >= 15 is 0 Å². The zero-order chi connectivity index (χ0) is 14.1. The number of aryl methyl sites for hydroxylation is 1. The van der Waals surface area contributed by atoms with Gasteiger partial charge in [-0.2, -0.15) is 0 Å². The quantitative estimate of drug-likeness (QED) is 0.877. The van der Waals surface area contributed by atoms with Crippen LogP contribution in [0, 0.1) is 0 Å². The number of hydrogen-bond donors (Lipinski definition) is 1. The lowest BCUT2D eigenvalue weighted by atomic mass is 9.93. The Morgan fingerprint density at radius 3 is 2.55 bits per heavy atom. The van der Waals surface area contributed by atoms with Crippen molar-refractivity contribution in [3.8, 4) is 5.75 Å². The number of hydrogen-bond acceptors (Lipinski definition) is 2. The molecule has 0 radical (unpaired) electrons. The minimum Gasteiger partial charge on any atom is -0.508 e. The molecule has 2 aromatic rings. The van der Waals surface area contributed by atoms with E-state index in [4.69, 9.17) is 0 Å². The van der Waals surface area contributed by atoms with E-state index in [1.54, 1.807) is 12.1 Å². The van der Waals surface area contributed by atoms with Crippen molar-refractivity contribution >= 4 is 5.69 Å². The van der Waals surface area contributed by atoms with Gasteiger partial charge < -0.3 is 10.0 Å². The van der Waals surface area contributed by atoms with Gasteiger partial charge in [-0.15, -0.1) is 0 Å². The van der Waals surface area contributed by atoms with Crippen molar-refractivity contribution in [3.63, 3.8) is 0 Å². The average molecular weight is 267 g/mol. The molecule has 1 N–H and O–H groups in total. The van der Waals surface area contributed by atoms with Crippen LogP contribution in [0.2, 0.25) is 0 Å². The Morgan fingerprint density at radius 2 is 1.80 bits per heavy atom. The molecule has 0 amide bonds. The van der Waals surface area contributed by atoms with Crippen molar-refractivity contribution in [1.82, 2.24) is 0 Å².